The Labute approximate surface area is 231 Å². The summed E-state index contributed by atoms with van der Waals surface area (Å²) in [7, 11) is 1.48. The minimum absolute atomic E-state index is 0.0633. The summed E-state index contributed by atoms with van der Waals surface area (Å²) >= 11 is 2.07. The predicted octanol–water partition coefficient (Wildman–Crippen LogP) is 1.52. The molecule has 1 saturated carbocycles. The number of aliphatic hydroxyl groups is 3. The third-order valence-electron chi connectivity index (χ3n) is 6.73. The van der Waals surface area contributed by atoms with Gasteiger partial charge in [0.2, 0.25) is 11.8 Å². The number of ether oxygens (including phenoxy) is 3. The Balaban J connectivity index is 2.00. The fourth-order valence-electron chi connectivity index (χ4n) is 4.97. The van der Waals surface area contributed by atoms with Gasteiger partial charge >= 0.3 is 0 Å². The molecule has 0 aromatic heterocycles. The van der Waals surface area contributed by atoms with E-state index in [2.05, 4.69) is 27.9 Å². The molecule has 4 N–H and O–H groups in total. The highest BCUT2D eigenvalue weighted by Gasteiger charge is 2.43. The maximum atomic E-state index is 13.3. The predicted molar refractivity (Wildman–Crippen MR) is 144 cm³/mol. The summed E-state index contributed by atoms with van der Waals surface area (Å²) in [6.07, 6.45) is 3.23. The largest absolute Gasteiger partial charge is 0.493 e. The van der Waals surface area contributed by atoms with E-state index in [0.29, 0.717) is 32.8 Å². The number of aliphatic hydroxyl groups excluding tert-OH is 3. The smallest absolute Gasteiger partial charge is 0.249 e. The molecule has 3 atom stereocenters. The first-order valence-corrected chi connectivity index (χ1v) is 13.7. The van der Waals surface area contributed by atoms with Crippen molar-refractivity contribution in [2.75, 3.05) is 33.5 Å². The quantitative estimate of drug-likeness (QED) is 0.255. The van der Waals surface area contributed by atoms with Gasteiger partial charge in [0.05, 0.1) is 29.9 Å². The van der Waals surface area contributed by atoms with Gasteiger partial charge in [-0.3, -0.25) is 9.59 Å². The number of methoxy groups -OCH3 is 1. The molecule has 3 rings (SSSR count). The van der Waals surface area contributed by atoms with Gasteiger partial charge in [0.25, 0.3) is 0 Å². The molecule has 0 aliphatic heterocycles. The van der Waals surface area contributed by atoms with E-state index in [1.165, 1.54) is 7.11 Å². The van der Waals surface area contributed by atoms with Crippen molar-refractivity contribution in [2.45, 2.75) is 69.9 Å². The van der Waals surface area contributed by atoms with Crippen LogP contribution in [0, 0.1) is 3.57 Å². The van der Waals surface area contributed by atoms with Crippen LogP contribution in [-0.2, 0) is 20.9 Å². The van der Waals surface area contributed by atoms with E-state index in [4.69, 9.17) is 14.2 Å². The lowest BCUT2D eigenvalue weighted by Gasteiger charge is -2.43. The van der Waals surface area contributed by atoms with Crippen LogP contribution in [0.1, 0.15) is 44.6 Å². The van der Waals surface area contributed by atoms with Crippen molar-refractivity contribution in [3.63, 3.8) is 0 Å². The zero-order chi connectivity index (χ0) is 26.9. The van der Waals surface area contributed by atoms with Crippen LogP contribution in [0.5, 0.6) is 11.5 Å². The van der Waals surface area contributed by atoms with Crippen molar-refractivity contribution < 1.29 is 39.1 Å². The Morgan fingerprint density at radius 1 is 1.22 bits per heavy atom. The number of halogens is 1. The SMILES string of the molecule is CCOCC(=O)N(C1CCCC1)C1CC(C(=O)NCCO)=CC(Oc2c(I)cc(CO)cc2OC)C1O. The molecule has 0 radical (unpaired) electrons. The number of nitrogens with one attached hydrogen (secondary N) is 1. The fraction of sp³-hybridized carbons (Fsp3) is 0.615. The molecule has 11 heteroatoms. The minimum Gasteiger partial charge on any atom is -0.493 e. The molecular weight excluding hydrogens is 595 g/mol. The molecule has 0 spiro atoms. The molecule has 0 saturated heterocycles. The van der Waals surface area contributed by atoms with Gasteiger partial charge in [-0.15, -0.1) is 0 Å². The van der Waals surface area contributed by atoms with Gasteiger partial charge in [-0.2, -0.15) is 0 Å². The van der Waals surface area contributed by atoms with Crippen LogP contribution >= 0.6 is 22.6 Å². The molecule has 0 heterocycles. The van der Waals surface area contributed by atoms with Gasteiger partial charge in [0.15, 0.2) is 11.5 Å². The van der Waals surface area contributed by atoms with E-state index in [0.717, 1.165) is 25.7 Å². The minimum atomic E-state index is -1.13. The van der Waals surface area contributed by atoms with Crippen LogP contribution in [0.4, 0.5) is 0 Å². The van der Waals surface area contributed by atoms with Crippen molar-refractivity contribution in [1.82, 2.24) is 10.2 Å². The number of hydrogen-bond donors (Lipinski definition) is 4. The van der Waals surface area contributed by atoms with Gasteiger partial charge in [0, 0.05) is 31.2 Å². The molecule has 2 amide bonds. The second-order valence-corrected chi connectivity index (χ2v) is 10.3. The number of amides is 2. The lowest BCUT2D eigenvalue weighted by Crippen LogP contribution is -2.58. The zero-order valence-corrected chi connectivity index (χ0v) is 23.5. The van der Waals surface area contributed by atoms with Gasteiger partial charge in [-0.05, 0) is 66.1 Å². The average Bonchev–Trinajstić information content (AvgIpc) is 3.43. The number of carbonyl (C=O) groups is 2. The Morgan fingerprint density at radius 2 is 1.95 bits per heavy atom. The Bertz CT molecular complexity index is 966. The number of hydrogen-bond acceptors (Lipinski definition) is 8. The maximum absolute atomic E-state index is 13.3. The van der Waals surface area contributed by atoms with Crippen LogP contribution in [0.2, 0.25) is 0 Å². The highest BCUT2D eigenvalue weighted by molar-refractivity contribution is 14.1. The Morgan fingerprint density at radius 3 is 2.57 bits per heavy atom. The molecule has 1 fully saturated rings. The van der Waals surface area contributed by atoms with E-state index in [1.54, 1.807) is 23.1 Å². The summed E-state index contributed by atoms with van der Waals surface area (Å²) in [5.41, 5.74) is 1.01. The average molecular weight is 632 g/mol. The number of carbonyl (C=O) groups excluding carboxylic acids is 2. The van der Waals surface area contributed by atoms with Crippen molar-refractivity contribution in [2.24, 2.45) is 0 Å². The fourth-order valence-corrected chi connectivity index (χ4v) is 5.76. The standard InChI is InChI=1S/C26H37IN2O8/c1-3-36-15-23(32)29(18-6-4-5-7-18)20-12-17(26(34)28-8-9-30)13-21(24(20)33)37-25-19(27)10-16(14-31)11-22(25)35-2/h10-11,13,18,20-21,24,30-31,33H,3-9,12,14-15H2,1-2H3,(H,28,34). The summed E-state index contributed by atoms with van der Waals surface area (Å²) in [6.45, 7) is 1.80. The number of rotatable bonds is 12. The van der Waals surface area contributed by atoms with Crippen LogP contribution < -0.4 is 14.8 Å². The van der Waals surface area contributed by atoms with E-state index < -0.39 is 18.2 Å². The number of nitrogens with zero attached hydrogens (tertiary/aromatic N) is 1. The summed E-state index contributed by atoms with van der Waals surface area (Å²) in [5, 5.41) is 33.0. The van der Waals surface area contributed by atoms with Gasteiger partial charge in [0.1, 0.15) is 18.8 Å². The molecule has 10 nitrogen and oxygen atoms in total. The first-order valence-electron chi connectivity index (χ1n) is 12.6. The summed E-state index contributed by atoms with van der Waals surface area (Å²) in [4.78, 5) is 28.0. The highest BCUT2D eigenvalue weighted by atomic mass is 127. The van der Waals surface area contributed by atoms with E-state index in [-0.39, 0.29) is 50.6 Å². The third kappa shape index (κ3) is 7.34. The van der Waals surface area contributed by atoms with Gasteiger partial charge < -0.3 is 39.7 Å². The van der Waals surface area contributed by atoms with Crippen LogP contribution in [0.25, 0.3) is 0 Å². The molecule has 3 unspecified atom stereocenters. The van der Waals surface area contributed by atoms with Crippen molar-refractivity contribution in [1.29, 1.82) is 0 Å². The van der Waals surface area contributed by atoms with Crippen LogP contribution in [-0.4, -0.2) is 89.8 Å². The molecular formula is C26H37IN2O8. The lowest BCUT2D eigenvalue weighted by atomic mass is 9.87. The summed E-state index contributed by atoms with van der Waals surface area (Å²) < 4.78 is 17.8. The van der Waals surface area contributed by atoms with E-state index in [9.17, 15) is 24.9 Å². The maximum Gasteiger partial charge on any atom is 0.249 e. The topological polar surface area (TPSA) is 138 Å². The van der Waals surface area contributed by atoms with Crippen molar-refractivity contribution in [3.8, 4) is 11.5 Å². The number of benzene rings is 1. The Hall–Kier alpha value is -1.93. The van der Waals surface area contributed by atoms with E-state index in [1.807, 2.05) is 6.92 Å². The van der Waals surface area contributed by atoms with E-state index >= 15 is 0 Å². The van der Waals surface area contributed by atoms with Crippen molar-refractivity contribution in [3.05, 3.63) is 32.9 Å². The Kier molecular flexibility index (Phi) is 11.4. The van der Waals surface area contributed by atoms with Crippen LogP contribution in [0.3, 0.4) is 0 Å². The second kappa shape index (κ2) is 14.3. The molecule has 1 aromatic carbocycles. The van der Waals surface area contributed by atoms with Crippen molar-refractivity contribution >= 4 is 34.4 Å². The van der Waals surface area contributed by atoms with Crippen LogP contribution in [0.15, 0.2) is 23.8 Å². The van der Waals surface area contributed by atoms with Gasteiger partial charge in [-0.25, -0.2) is 0 Å². The summed E-state index contributed by atoms with van der Waals surface area (Å²) in [5.74, 6) is 0.128. The first kappa shape index (κ1) is 29.6. The monoisotopic (exact) mass is 632 g/mol. The second-order valence-electron chi connectivity index (χ2n) is 9.16. The first-order chi connectivity index (χ1) is 17.8. The molecule has 0 bridgehead atoms. The molecule has 2 aliphatic rings. The molecule has 2 aliphatic carbocycles. The normalized spacial score (nSPS) is 21.9. The molecule has 206 valence electrons. The van der Waals surface area contributed by atoms with Gasteiger partial charge in [-0.1, -0.05) is 12.8 Å². The zero-order valence-electron chi connectivity index (χ0n) is 21.3. The highest BCUT2D eigenvalue weighted by Crippen LogP contribution is 2.38. The summed E-state index contributed by atoms with van der Waals surface area (Å²) in [6, 6.07) is 2.63. The molecule has 37 heavy (non-hydrogen) atoms. The third-order valence-corrected chi connectivity index (χ3v) is 7.53. The molecule has 1 aromatic rings. The lowest BCUT2D eigenvalue weighted by molar-refractivity contribution is -0.146.